The highest BCUT2D eigenvalue weighted by Crippen LogP contribution is 2.16. The van der Waals surface area contributed by atoms with Crippen molar-refractivity contribution in [2.75, 3.05) is 19.7 Å². The number of carbonyl (C=O) groups excluding carboxylic acids is 1. The summed E-state index contributed by atoms with van der Waals surface area (Å²) in [6.07, 6.45) is 1.67. The molecule has 0 aromatic carbocycles. The molecule has 0 aromatic rings. The normalized spacial score (nSPS) is 20.9. The number of nitrogens with one attached hydrogen (secondary N) is 1. The van der Waals surface area contributed by atoms with Crippen LogP contribution in [0.1, 0.15) is 26.7 Å². The molecular weight excluding hydrogens is 206 g/mol. The van der Waals surface area contributed by atoms with Crippen LogP contribution in [0, 0.1) is 11.3 Å². The number of rotatable bonds is 4. The summed E-state index contributed by atoms with van der Waals surface area (Å²) in [7, 11) is 0. The van der Waals surface area contributed by atoms with Gasteiger partial charge in [-0.25, -0.2) is 0 Å². The summed E-state index contributed by atoms with van der Waals surface area (Å²) in [5.74, 6) is -0.0643. The van der Waals surface area contributed by atoms with E-state index in [2.05, 4.69) is 11.4 Å². The highest BCUT2D eigenvalue weighted by atomic mass is 16.3. The summed E-state index contributed by atoms with van der Waals surface area (Å²) in [6.45, 7) is 4.46. The summed E-state index contributed by atoms with van der Waals surface area (Å²) >= 11 is 0. The van der Waals surface area contributed by atoms with Crippen molar-refractivity contribution < 1.29 is 9.90 Å². The molecule has 16 heavy (non-hydrogen) atoms. The van der Waals surface area contributed by atoms with Gasteiger partial charge < -0.3 is 15.3 Å². The van der Waals surface area contributed by atoms with Crippen molar-refractivity contribution >= 4 is 5.91 Å². The number of hydrogen-bond donors (Lipinski definition) is 2. The molecule has 0 radical (unpaired) electrons. The average Bonchev–Trinajstić information content (AvgIpc) is 2.74. The van der Waals surface area contributed by atoms with Gasteiger partial charge in [0.05, 0.1) is 19.2 Å². The Labute approximate surface area is 96.0 Å². The third-order valence-corrected chi connectivity index (χ3v) is 2.84. The number of hydrogen-bond acceptors (Lipinski definition) is 4. The van der Waals surface area contributed by atoms with E-state index in [1.54, 1.807) is 4.90 Å². The topological polar surface area (TPSA) is 76.4 Å². The van der Waals surface area contributed by atoms with Gasteiger partial charge in [-0.05, 0) is 26.7 Å². The van der Waals surface area contributed by atoms with Crippen LogP contribution < -0.4 is 5.32 Å². The molecule has 1 atom stereocenters. The van der Waals surface area contributed by atoms with Crippen molar-refractivity contribution in [1.29, 1.82) is 5.26 Å². The van der Waals surface area contributed by atoms with Crippen LogP contribution in [0.4, 0.5) is 0 Å². The average molecular weight is 225 g/mol. The molecule has 0 unspecified atom stereocenters. The number of carbonyl (C=O) groups is 1. The molecule has 5 heteroatoms. The van der Waals surface area contributed by atoms with E-state index in [-0.39, 0.29) is 25.1 Å². The zero-order chi connectivity index (χ0) is 12.2. The second-order valence-corrected chi connectivity index (χ2v) is 4.77. The van der Waals surface area contributed by atoms with Crippen LogP contribution in [0.15, 0.2) is 0 Å². The highest BCUT2D eigenvalue weighted by Gasteiger charge is 2.29. The van der Waals surface area contributed by atoms with Crippen LogP contribution in [0.5, 0.6) is 0 Å². The van der Waals surface area contributed by atoms with E-state index in [1.807, 2.05) is 13.8 Å². The first-order valence-electron chi connectivity index (χ1n) is 5.55. The third-order valence-electron chi connectivity index (χ3n) is 2.84. The van der Waals surface area contributed by atoms with Crippen LogP contribution in [-0.2, 0) is 4.79 Å². The molecular formula is C11H19N3O2. The minimum Gasteiger partial charge on any atom is -0.394 e. The number of nitriles is 1. The summed E-state index contributed by atoms with van der Waals surface area (Å²) in [5, 5.41) is 20.9. The lowest BCUT2D eigenvalue weighted by atomic mass is 10.1. The lowest BCUT2D eigenvalue weighted by Crippen LogP contribution is -2.49. The van der Waals surface area contributed by atoms with Crippen LogP contribution in [0.2, 0.25) is 0 Å². The molecule has 1 aliphatic heterocycles. The summed E-state index contributed by atoms with van der Waals surface area (Å²) < 4.78 is 0. The Morgan fingerprint density at radius 2 is 2.38 bits per heavy atom. The molecule has 1 saturated heterocycles. The van der Waals surface area contributed by atoms with Crippen molar-refractivity contribution in [1.82, 2.24) is 10.2 Å². The second-order valence-electron chi connectivity index (χ2n) is 4.77. The summed E-state index contributed by atoms with van der Waals surface area (Å²) in [5.41, 5.74) is -0.461. The molecule has 2 N–H and O–H groups in total. The summed E-state index contributed by atoms with van der Waals surface area (Å²) in [6, 6.07) is 1.86. The monoisotopic (exact) mass is 225 g/mol. The molecule has 90 valence electrons. The predicted molar refractivity (Wildman–Crippen MR) is 59.5 cm³/mol. The molecule has 0 spiro atoms. The first kappa shape index (κ1) is 12.9. The fourth-order valence-electron chi connectivity index (χ4n) is 1.67. The van der Waals surface area contributed by atoms with E-state index in [0.29, 0.717) is 6.54 Å². The fourth-order valence-corrected chi connectivity index (χ4v) is 1.67. The lowest BCUT2D eigenvalue weighted by molar-refractivity contribution is -0.130. The minimum absolute atomic E-state index is 0.0258. The first-order chi connectivity index (χ1) is 7.50. The maximum Gasteiger partial charge on any atom is 0.237 e. The van der Waals surface area contributed by atoms with E-state index < -0.39 is 5.54 Å². The number of aliphatic hydroxyl groups is 1. The van der Waals surface area contributed by atoms with Gasteiger partial charge >= 0.3 is 0 Å². The van der Waals surface area contributed by atoms with E-state index in [0.717, 1.165) is 12.8 Å². The quantitative estimate of drug-likeness (QED) is 0.698. The third kappa shape index (κ3) is 3.19. The van der Waals surface area contributed by atoms with Crippen molar-refractivity contribution in [2.24, 2.45) is 0 Å². The van der Waals surface area contributed by atoms with Crippen LogP contribution in [0.25, 0.3) is 0 Å². The second kappa shape index (κ2) is 5.28. The minimum atomic E-state index is -0.461. The van der Waals surface area contributed by atoms with Gasteiger partial charge in [0.1, 0.15) is 6.04 Å². The molecule has 0 saturated carbocycles. The number of aliphatic hydroxyl groups excluding tert-OH is 1. The van der Waals surface area contributed by atoms with E-state index in [4.69, 9.17) is 10.4 Å². The molecule has 1 aliphatic rings. The number of nitrogens with zero attached hydrogens (tertiary/aromatic N) is 2. The first-order valence-corrected chi connectivity index (χ1v) is 5.55. The van der Waals surface area contributed by atoms with Crippen molar-refractivity contribution in [3.63, 3.8) is 0 Å². The van der Waals surface area contributed by atoms with Gasteiger partial charge in [-0.1, -0.05) is 0 Å². The van der Waals surface area contributed by atoms with Gasteiger partial charge in [0.25, 0.3) is 0 Å². The zero-order valence-corrected chi connectivity index (χ0v) is 9.86. The Balaban J connectivity index is 2.44. The number of likely N-dealkylation sites (tertiary alicyclic amines) is 1. The molecule has 1 heterocycles. The van der Waals surface area contributed by atoms with Gasteiger partial charge in [0, 0.05) is 12.1 Å². The van der Waals surface area contributed by atoms with Gasteiger partial charge in [0.2, 0.25) is 5.91 Å². The van der Waals surface area contributed by atoms with E-state index >= 15 is 0 Å². The molecule has 0 aromatic heterocycles. The Morgan fingerprint density at radius 1 is 1.69 bits per heavy atom. The highest BCUT2D eigenvalue weighted by molar-refractivity contribution is 5.79. The fraction of sp³-hybridized carbons (Fsp3) is 0.818. The smallest absolute Gasteiger partial charge is 0.237 e. The van der Waals surface area contributed by atoms with E-state index in [1.165, 1.54) is 0 Å². The maximum absolute atomic E-state index is 11.8. The Morgan fingerprint density at radius 3 is 2.94 bits per heavy atom. The van der Waals surface area contributed by atoms with Crippen molar-refractivity contribution in [2.45, 2.75) is 38.3 Å². The van der Waals surface area contributed by atoms with Gasteiger partial charge in [-0.15, -0.1) is 0 Å². The lowest BCUT2D eigenvalue weighted by Gasteiger charge is -2.26. The maximum atomic E-state index is 11.8. The molecule has 5 nitrogen and oxygen atoms in total. The molecule has 1 fully saturated rings. The zero-order valence-electron chi connectivity index (χ0n) is 9.86. The molecule has 0 aliphatic carbocycles. The van der Waals surface area contributed by atoms with E-state index in [9.17, 15) is 4.79 Å². The number of amides is 1. The van der Waals surface area contributed by atoms with Crippen LogP contribution in [0.3, 0.4) is 0 Å². The van der Waals surface area contributed by atoms with Gasteiger partial charge in [-0.3, -0.25) is 4.79 Å². The Hall–Kier alpha value is -1.12. The Kier molecular flexibility index (Phi) is 4.27. The SMILES string of the molecule is CC(C)(CO)NCC(=O)N1CCC[C@H]1C#N. The largest absolute Gasteiger partial charge is 0.394 e. The van der Waals surface area contributed by atoms with Crippen LogP contribution >= 0.6 is 0 Å². The predicted octanol–water partition coefficient (Wildman–Crippen LogP) is -0.139. The molecule has 1 amide bonds. The van der Waals surface area contributed by atoms with Crippen molar-refractivity contribution in [3.05, 3.63) is 0 Å². The molecule has 1 rings (SSSR count). The molecule has 0 bridgehead atoms. The standard InChI is InChI=1S/C11H19N3O2/c1-11(2,8-15)13-7-10(16)14-5-3-4-9(14)6-12/h9,13,15H,3-5,7-8H2,1-2H3/t9-/m0/s1. The van der Waals surface area contributed by atoms with Gasteiger partial charge in [0.15, 0.2) is 0 Å². The summed E-state index contributed by atoms with van der Waals surface area (Å²) in [4.78, 5) is 13.4. The van der Waals surface area contributed by atoms with Crippen LogP contribution in [-0.4, -0.2) is 47.2 Å². The van der Waals surface area contributed by atoms with Gasteiger partial charge in [-0.2, -0.15) is 5.26 Å². The van der Waals surface area contributed by atoms with Crippen molar-refractivity contribution in [3.8, 4) is 6.07 Å². The Bertz CT molecular complexity index is 296.